The number of aliphatic hydroxyl groups is 2. The second kappa shape index (κ2) is 13.1. The van der Waals surface area contributed by atoms with Gasteiger partial charge in [0.25, 0.3) is 0 Å². The Morgan fingerprint density at radius 3 is 2.76 bits per heavy atom. The van der Waals surface area contributed by atoms with Crippen molar-refractivity contribution in [1.29, 1.82) is 0 Å². The molecule has 1 unspecified atom stereocenters. The molecule has 0 radical (unpaired) electrons. The molecule has 4 rings (SSSR count). The summed E-state index contributed by atoms with van der Waals surface area (Å²) in [6, 6.07) is 0. The van der Waals surface area contributed by atoms with E-state index < -0.39 is 24.3 Å². The molecule has 0 amide bonds. The SMILES string of the molecule is C=C1C[C@H](C)C[C@@H]2CC=C[C@@H](C/C=C\C(=O)O[C@H]([C@@H](O)/C=C/C3CCCC(C)(C)C3)C[C@@H]3O[C@H]3[C@@H](O)C1)O2. The Morgan fingerprint density at radius 1 is 1.16 bits per heavy atom. The number of epoxide rings is 1. The normalized spacial score (nSPS) is 40.4. The van der Waals surface area contributed by atoms with Crippen LogP contribution in [0.3, 0.4) is 0 Å². The summed E-state index contributed by atoms with van der Waals surface area (Å²) in [4.78, 5) is 12.7. The number of carbonyl (C=O) groups is 1. The lowest BCUT2D eigenvalue weighted by Crippen LogP contribution is -2.32. The van der Waals surface area contributed by atoms with E-state index in [9.17, 15) is 15.0 Å². The number of rotatable bonds is 3. The van der Waals surface area contributed by atoms with Gasteiger partial charge in [0.1, 0.15) is 18.3 Å². The van der Waals surface area contributed by atoms with E-state index in [-0.39, 0.29) is 24.4 Å². The number of ether oxygens (including phenoxy) is 3. The van der Waals surface area contributed by atoms with Gasteiger partial charge >= 0.3 is 5.97 Å². The number of esters is 1. The minimum Gasteiger partial charge on any atom is -0.456 e. The quantitative estimate of drug-likeness (QED) is 0.282. The Balaban J connectivity index is 1.44. The molecule has 2 fully saturated rings. The summed E-state index contributed by atoms with van der Waals surface area (Å²) in [5.41, 5.74) is 1.31. The first-order chi connectivity index (χ1) is 18.1. The fourth-order valence-electron chi connectivity index (χ4n) is 6.51. The molecule has 0 aromatic carbocycles. The predicted molar refractivity (Wildman–Crippen MR) is 148 cm³/mol. The minimum absolute atomic E-state index is 0.0707. The highest BCUT2D eigenvalue weighted by molar-refractivity contribution is 5.82. The van der Waals surface area contributed by atoms with Crippen LogP contribution in [0.5, 0.6) is 0 Å². The summed E-state index contributed by atoms with van der Waals surface area (Å²) in [5, 5.41) is 21.8. The third-order valence-electron chi connectivity index (χ3n) is 8.48. The van der Waals surface area contributed by atoms with E-state index in [1.54, 1.807) is 12.2 Å². The van der Waals surface area contributed by atoms with Gasteiger partial charge in [0.2, 0.25) is 0 Å². The van der Waals surface area contributed by atoms with Gasteiger partial charge < -0.3 is 24.4 Å². The molecule has 0 aromatic rings. The molecule has 1 aliphatic carbocycles. The van der Waals surface area contributed by atoms with Crippen LogP contribution < -0.4 is 0 Å². The first kappa shape index (κ1) is 29.3. The number of carbonyl (C=O) groups excluding carboxylic acids is 1. The molecule has 2 N–H and O–H groups in total. The molecule has 212 valence electrons. The highest BCUT2D eigenvalue weighted by Crippen LogP contribution is 2.39. The Labute approximate surface area is 228 Å². The van der Waals surface area contributed by atoms with Gasteiger partial charge in [-0.25, -0.2) is 4.79 Å². The largest absolute Gasteiger partial charge is 0.456 e. The lowest BCUT2D eigenvalue weighted by atomic mass is 9.72. The third-order valence-corrected chi connectivity index (χ3v) is 8.48. The Bertz CT molecular complexity index is 904. The van der Waals surface area contributed by atoms with Crippen molar-refractivity contribution in [3.8, 4) is 0 Å². The molecule has 0 spiro atoms. The van der Waals surface area contributed by atoms with Crippen molar-refractivity contribution >= 4 is 5.97 Å². The molecule has 1 saturated heterocycles. The summed E-state index contributed by atoms with van der Waals surface area (Å²) < 4.78 is 17.8. The van der Waals surface area contributed by atoms with Gasteiger partial charge in [-0.05, 0) is 68.6 Å². The summed E-state index contributed by atoms with van der Waals surface area (Å²) in [6.45, 7) is 11.0. The average Bonchev–Trinajstić information content (AvgIpc) is 3.60. The van der Waals surface area contributed by atoms with Crippen molar-refractivity contribution in [3.05, 3.63) is 48.6 Å². The number of cyclic esters (lactones) is 1. The maximum Gasteiger partial charge on any atom is 0.330 e. The molecule has 9 atom stereocenters. The zero-order valence-electron chi connectivity index (χ0n) is 23.5. The van der Waals surface area contributed by atoms with Crippen LogP contribution in [0.25, 0.3) is 0 Å². The number of hydrogen-bond donors (Lipinski definition) is 2. The van der Waals surface area contributed by atoms with E-state index in [4.69, 9.17) is 14.2 Å². The fraction of sp³-hybridized carbons (Fsp3) is 0.719. The smallest absolute Gasteiger partial charge is 0.330 e. The zero-order chi connectivity index (χ0) is 27.3. The Hall–Kier alpha value is -1.73. The summed E-state index contributed by atoms with van der Waals surface area (Å²) in [7, 11) is 0. The van der Waals surface area contributed by atoms with Crippen molar-refractivity contribution in [1.82, 2.24) is 0 Å². The van der Waals surface area contributed by atoms with Gasteiger partial charge in [0.05, 0.1) is 24.4 Å². The van der Waals surface area contributed by atoms with Crippen LogP contribution in [0.1, 0.15) is 85.0 Å². The number of hydrogen-bond acceptors (Lipinski definition) is 6. The van der Waals surface area contributed by atoms with Crippen molar-refractivity contribution < 1.29 is 29.2 Å². The van der Waals surface area contributed by atoms with Gasteiger partial charge in [0.15, 0.2) is 0 Å². The highest BCUT2D eigenvalue weighted by Gasteiger charge is 2.46. The van der Waals surface area contributed by atoms with Gasteiger partial charge in [-0.1, -0.05) is 69.7 Å². The van der Waals surface area contributed by atoms with Crippen molar-refractivity contribution in [3.63, 3.8) is 0 Å². The number of allylic oxidation sites excluding steroid dienone is 1. The van der Waals surface area contributed by atoms with E-state index in [2.05, 4.69) is 45.6 Å². The molecule has 38 heavy (non-hydrogen) atoms. The standard InChI is InChI=1S/C32H48O6/c1-21-16-22(2)18-27(34)31-29(38-31)19-28(26(33)14-13-23-8-7-15-32(3,4)20-23)37-30(35)12-6-10-24-9-5-11-25(17-21)36-24/h5-6,9,12-14,21,23-29,31,33-34H,2,7-8,10-11,15-20H2,1,3-4H3/b12-6-,14-13+/t21-,23?,24-,25-,26-,27-,28-,29-,31-/m0/s1. The second-order valence-electron chi connectivity index (χ2n) is 12.9. The van der Waals surface area contributed by atoms with Crippen LogP contribution in [0, 0.1) is 17.3 Å². The number of fused-ring (bicyclic) bond motifs is 3. The summed E-state index contributed by atoms with van der Waals surface area (Å²) in [6.07, 6.45) is 17.1. The summed E-state index contributed by atoms with van der Waals surface area (Å²) in [5.74, 6) is 0.322. The molecule has 0 aromatic heterocycles. The summed E-state index contributed by atoms with van der Waals surface area (Å²) >= 11 is 0. The third kappa shape index (κ3) is 8.90. The number of aliphatic hydroxyl groups excluding tert-OH is 2. The lowest BCUT2D eigenvalue weighted by Gasteiger charge is -2.34. The molecule has 3 heterocycles. The highest BCUT2D eigenvalue weighted by atomic mass is 16.6. The van der Waals surface area contributed by atoms with Crippen LogP contribution in [-0.2, 0) is 19.0 Å². The lowest BCUT2D eigenvalue weighted by molar-refractivity contribution is -0.148. The maximum absolute atomic E-state index is 12.7. The first-order valence-corrected chi connectivity index (χ1v) is 14.6. The molecule has 4 aliphatic rings. The first-order valence-electron chi connectivity index (χ1n) is 14.6. The van der Waals surface area contributed by atoms with E-state index in [0.717, 1.165) is 37.7 Å². The van der Waals surface area contributed by atoms with E-state index in [1.165, 1.54) is 18.9 Å². The Morgan fingerprint density at radius 2 is 1.97 bits per heavy atom. The molecule has 6 nitrogen and oxygen atoms in total. The molecule has 3 aliphatic heterocycles. The van der Waals surface area contributed by atoms with Crippen LogP contribution in [0.4, 0.5) is 0 Å². The van der Waals surface area contributed by atoms with Crippen LogP contribution in [0.15, 0.2) is 48.6 Å². The maximum atomic E-state index is 12.7. The van der Waals surface area contributed by atoms with Crippen LogP contribution >= 0.6 is 0 Å². The minimum atomic E-state index is -0.939. The van der Waals surface area contributed by atoms with E-state index >= 15 is 0 Å². The van der Waals surface area contributed by atoms with E-state index in [1.807, 2.05) is 0 Å². The van der Waals surface area contributed by atoms with Crippen molar-refractivity contribution in [2.75, 3.05) is 0 Å². The topological polar surface area (TPSA) is 88.5 Å². The Kier molecular flexibility index (Phi) is 10.1. The molecule has 1 saturated carbocycles. The van der Waals surface area contributed by atoms with Crippen LogP contribution in [-0.4, -0.2) is 58.9 Å². The molecule has 6 heteroatoms. The monoisotopic (exact) mass is 528 g/mol. The fourth-order valence-corrected chi connectivity index (χ4v) is 6.51. The average molecular weight is 529 g/mol. The van der Waals surface area contributed by atoms with Gasteiger partial charge in [-0.2, -0.15) is 0 Å². The molecule has 2 bridgehead atoms. The second-order valence-corrected chi connectivity index (χ2v) is 12.9. The van der Waals surface area contributed by atoms with E-state index in [0.29, 0.717) is 36.5 Å². The predicted octanol–water partition coefficient (Wildman–Crippen LogP) is 5.59. The van der Waals surface area contributed by atoms with Crippen LogP contribution in [0.2, 0.25) is 0 Å². The van der Waals surface area contributed by atoms with Gasteiger partial charge in [-0.15, -0.1) is 0 Å². The zero-order valence-corrected chi connectivity index (χ0v) is 23.5. The molecular weight excluding hydrogens is 480 g/mol. The van der Waals surface area contributed by atoms with Crippen molar-refractivity contribution in [2.24, 2.45) is 17.3 Å². The molecular formula is C32H48O6. The van der Waals surface area contributed by atoms with Gasteiger partial charge in [-0.3, -0.25) is 0 Å². The van der Waals surface area contributed by atoms with Crippen molar-refractivity contribution in [2.45, 2.75) is 128 Å². The van der Waals surface area contributed by atoms with Gasteiger partial charge in [0, 0.05) is 12.5 Å².